The van der Waals surface area contributed by atoms with Gasteiger partial charge in [-0.2, -0.15) is 10.1 Å². The van der Waals surface area contributed by atoms with Gasteiger partial charge in [0.1, 0.15) is 5.82 Å². The number of hydrogen-bond acceptors (Lipinski definition) is 4. The maximum Gasteiger partial charge on any atom is 0.231 e. The Morgan fingerprint density at radius 3 is 2.67 bits per heavy atom. The van der Waals surface area contributed by atoms with Crippen molar-refractivity contribution in [3.8, 4) is 0 Å². The van der Waals surface area contributed by atoms with E-state index in [-0.39, 0.29) is 11.2 Å². The third kappa shape index (κ3) is 2.52. The molecule has 0 N–H and O–H groups in total. The SMILES string of the molecule is CCn1cc(Cc2nc(C3(c4ccc(F)cc4)CCC3)no2)cn1. The summed E-state index contributed by atoms with van der Waals surface area (Å²) in [4.78, 5) is 4.63. The van der Waals surface area contributed by atoms with Crippen LogP contribution in [0.5, 0.6) is 0 Å². The van der Waals surface area contributed by atoms with Crippen LogP contribution in [-0.2, 0) is 18.4 Å². The first-order valence-electron chi connectivity index (χ1n) is 8.30. The Labute approximate surface area is 139 Å². The third-order valence-electron chi connectivity index (χ3n) is 4.87. The van der Waals surface area contributed by atoms with E-state index >= 15 is 0 Å². The highest BCUT2D eigenvalue weighted by molar-refractivity contribution is 5.35. The minimum Gasteiger partial charge on any atom is -0.339 e. The summed E-state index contributed by atoms with van der Waals surface area (Å²) in [6, 6.07) is 6.65. The molecule has 5 nitrogen and oxygen atoms in total. The van der Waals surface area contributed by atoms with Gasteiger partial charge in [-0.3, -0.25) is 4.68 Å². The molecular weight excluding hydrogens is 307 g/mol. The van der Waals surface area contributed by atoms with Gasteiger partial charge in [0.05, 0.1) is 18.0 Å². The minimum absolute atomic E-state index is 0.227. The first-order valence-corrected chi connectivity index (χ1v) is 8.30. The Morgan fingerprint density at radius 2 is 2.04 bits per heavy atom. The molecule has 1 saturated carbocycles. The molecule has 0 unspecified atom stereocenters. The molecule has 0 aliphatic heterocycles. The number of halogens is 1. The zero-order chi connectivity index (χ0) is 16.6. The average Bonchev–Trinajstić information content (AvgIpc) is 3.18. The van der Waals surface area contributed by atoms with Crippen molar-refractivity contribution >= 4 is 0 Å². The monoisotopic (exact) mass is 326 g/mol. The van der Waals surface area contributed by atoms with Crippen molar-refractivity contribution in [2.75, 3.05) is 0 Å². The summed E-state index contributed by atoms with van der Waals surface area (Å²) >= 11 is 0. The van der Waals surface area contributed by atoms with Crippen molar-refractivity contribution in [3.63, 3.8) is 0 Å². The van der Waals surface area contributed by atoms with E-state index in [2.05, 4.69) is 15.2 Å². The summed E-state index contributed by atoms with van der Waals surface area (Å²) in [7, 11) is 0. The van der Waals surface area contributed by atoms with Crippen LogP contribution < -0.4 is 0 Å². The summed E-state index contributed by atoms with van der Waals surface area (Å²) in [5, 5.41) is 8.49. The second-order valence-corrected chi connectivity index (χ2v) is 6.34. The molecule has 6 heteroatoms. The number of rotatable bonds is 5. The Balaban J connectivity index is 1.59. The molecule has 0 amide bonds. The van der Waals surface area contributed by atoms with E-state index < -0.39 is 0 Å². The molecule has 0 saturated heterocycles. The van der Waals surface area contributed by atoms with Crippen LogP contribution in [0.3, 0.4) is 0 Å². The number of aryl methyl sites for hydroxylation is 1. The van der Waals surface area contributed by atoms with Crippen LogP contribution in [0, 0.1) is 5.82 Å². The zero-order valence-corrected chi connectivity index (χ0v) is 13.6. The summed E-state index contributed by atoms with van der Waals surface area (Å²) in [6.07, 6.45) is 7.43. The normalized spacial score (nSPS) is 16.1. The van der Waals surface area contributed by atoms with Gasteiger partial charge in [-0.25, -0.2) is 4.39 Å². The van der Waals surface area contributed by atoms with Crippen LogP contribution in [0.2, 0.25) is 0 Å². The van der Waals surface area contributed by atoms with E-state index in [1.165, 1.54) is 12.1 Å². The first-order chi connectivity index (χ1) is 11.7. The molecule has 2 heterocycles. The standard InChI is InChI=1S/C18H19FN4O/c1-2-23-12-13(11-20-23)10-16-21-17(22-24-16)18(8-3-9-18)14-4-6-15(19)7-5-14/h4-7,11-12H,2-3,8-10H2,1H3. The molecule has 2 aromatic heterocycles. The molecule has 4 rings (SSSR count). The lowest BCUT2D eigenvalue weighted by atomic mass is 9.64. The van der Waals surface area contributed by atoms with Gasteiger partial charge in [0.15, 0.2) is 5.82 Å². The zero-order valence-electron chi connectivity index (χ0n) is 13.6. The van der Waals surface area contributed by atoms with Gasteiger partial charge in [0.2, 0.25) is 5.89 Å². The minimum atomic E-state index is -0.233. The summed E-state index contributed by atoms with van der Waals surface area (Å²) in [5.74, 6) is 1.07. The second-order valence-electron chi connectivity index (χ2n) is 6.34. The molecule has 124 valence electrons. The van der Waals surface area contributed by atoms with Crippen LogP contribution in [0.4, 0.5) is 4.39 Å². The fourth-order valence-corrected chi connectivity index (χ4v) is 3.31. The molecule has 1 aromatic carbocycles. The topological polar surface area (TPSA) is 56.7 Å². The van der Waals surface area contributed by atoms with Gasteiger partial charge >= 0.3 is 0 Å². The lowest BCUT2D eigenvalue weighted by Gasteiger charge is -2.39. The highest BCUT2D eigenvalue weighted by Gasteiger charge is 2.44. The van der Waals surface area contributed by atoms with Gasteiger partial charge in [-0.1, -0.05) is 23.7 Å². The molecule has 24 heavy (non-hydrogen) atoms. The van der Waals surface area contributed by atoms with E-state index in [9.17, 15) is 4.39 Å². The average molecular weight is 326 g/mol. The van der Waals surface area contributed by atoms with E-state index in [4.69, 9.17) is 4.52 Å². The van der Waals surface area contributed by atoms with E-state index in [0.29, 0.717) is 18.1 Å². The van der Waals surface area contributed by atoms with Crippen LogP contribution in [-0.4, -0.2) is 19.9 Å². The van der Waals surface area contributed by atoms with Crippen LogP contribution in [0.25, 0.3) is 0 Å². The fraction of sp³-hybridized carbons (Fsp3) is 0.389. The van der Waals surface area contributed by atoms with Gasteiger partial charge in [0.25, 0.3) is 0 Å². The van der Waals surface area contributed by atoms with E-state index in [0.717, 1.165) is 36.9 Å². The lowest BCUT2D eigenvalue weighted by Crippen LogP contribution is -2.36. The Kier molecular flexibility index (Phi) is 3.67. The predicted molar refractivity (Wildman–Crippen MR) is 86.0 cm³/mol. The molecule has 1 fully saturated rings. The van der Waals surface area contributed by atoms with E-state index in [1.54, 1.807) is 0 Å². The number of hydrogen-bond donors (Lipinski definition) is 0. The maximum atomic E-state index is 13.2. The fourth-order valence-electron chi connectivity index (χ4n) is 3.31. The Hall–Kier alpha value is -2.50. The van der Waals surface area contributed by atoms with Gasteiger partial charge < -0.3 is 4.52 Å². The lowest BCUT2D eigenvalue weighted by molar-refractivity contribution is 0.271. The van der Waals surface area contributed by atoms with E-state index in [1.807, 2.05) is 36.1 Å². The number of nitrogens with zero attached hydrogens (tertiary/aromatic N) is 4. The van der Waals surface area contributed by atoms with Crippen LogP contribution >= 0.6 is 0 Å². The third-order valence-corrected chi connectivity index (χ3v) is 4.87. The Bertz CT molecular complexity index is 833. The molecule has 0 atom stereocenters. The Morgan fingerprint density at radius 1 is 1.25 bits per heavy atom. The molecule has 3 aromatic rings. The van der Waals surface area contributed by atoms with Crippen molar-refractivity contribution in [2.45, 2.75) is 44.6 Å². The van der Waals surface area contributed by atoms with Crippen molar-refractivity contribution < 1.29 is 8.91 Å². The van der Waals surface area contributed by atoms with Crippen molar-refractivity contribution in [1.82, 2.24) is 19.9 Å². The second kappa shape index (κ2) is 5.85. The van der Waals surface area contributed by atoms with Gasteiger partial charge in [0, 0.05) is 12.7 Å². The summed E-state index contributed by atoms with van der Waals surface area (Å²) in [6.45, 7) is 2.88. The number of benzene rings is 1. The molecular formula is C18H19FN4O. The van der Waals surface area contributed by atoms with Crippen molar-refractivity contribution in [1.29, 1.82) is 0 Å². The van der Waals surface area contributed by atoms with Gasteiger partial charge in [-0.15, -0.1) is 0 Å². The maximum absolute atomic E-state index is 13.2. The molecule has 0 bridgehead atoms. The largest absolute Gasteiger partial charge is 0.339 e. The smallest absolute Gasteiger partial charge is 0.231 e. The molecule has 0 radical (unpaired) electrons. The molecule has 0 spiro atoms. The van der Waals surface area contributed by atoms with Crippen molar-refractivity contribution in [3.05, 3.63) is 65.3 Å². The first kappa shape index (κ1) is 15.1. The molecule has 1 aliphatic carbocycles. The predicted octanol–water partition coefficient (Wildman–Crippen LogP) is 3.49. The summed E-state index contributed by atoms with van der Waals surface area (Å²) < 4.78 is 20.6. The van der Waals surface area contributed by atoms with Crippen LogP contribution in [0.1, 0.15) is 49.0 Å². The summed E-state index contributed by atoms with van der Waals surface area (Å²) in [5.41, 5.74) is 1.88. The number of aromatic nitrogens is 4. The van der Waals surface area contributed by atoms with Crippen LogP contribution in [0.15, 0.2) is 41.2 Å². The van der Waals surface area contributed by atoms with Crippen molar-refractivity contribution in [2.24, 2.45) is 0 Å². The van der Waals surface area contributed by atoms with Gasteiger partial charge in [-0.05, 0) is 43.0 Å². The highest BCUT2D eigenvalue weighted by atomic mass is 19.1. The molecule has 1 aliphatic rings. The quantitative estimate of drug-likeness (QED) is 0.720. The highest BCUT2D eigenvalue weighted by Crippen LogP contribution is 2.47.